The van der Waals surface area contributed by atoms with Crippen LogP contribution in [0.15, 0.2) is 0 Å². The lowest BCUT2D eigenvalue weighted by Crippen LogP contribution is -2.59. The first kappa shape index (κ1) is 15.7. The molecule has 0 radical (unpaired) electrons. The normalized spacial score (nSPS) is 24.2. The third kappa shape index (κ3) is 3.32. The molecule has 1 saturated heterocycles. The molecule has 116 valence electrons. The van der Waals surface area contributed by atoms with Gasteiger partial charge in [0.2, 0.25) is 0 Å². The molecule has 0 amide bonds. The van der Waals surface area contributed by atoms with Crippen LogP contribution < -0.4 is 4.72 Å². The first-order chi connectivity index (χ1) is 9.50. The first-order valence-electron chi connectivity index (χ1n) is 7.38. The third-order valence-corrected chi connectivity index (χ3v) is 5.96. The van der Waals surface area contributed by atoms with E-state index in [0.29, 0.717) is 25.9 Å². The lowest BCUT2D eigenvalue weighted by molar-refractivity contribution is -0.149. The molecule has 0 aromatic carbocycles. The summed E-state index contributed by atoms with van der Waals surface area (Å²) in [6, 6.07) is 0. The van der Waals surface area contributed by atoms with Gasteiger partial charge in [-0.3, -0.25) is 4.79 Å². The van der Waals surface area contributed by atoms with E-state index in [-0.39, 0.29) is 0 Å². The lowest BCUT2D eigenvalue weighted by atomic mass is 9.83. The molecule has 0 atom stereocenters. The van der Waals surface area contributed by atoms with Gasteiger partial charge in [-0.05, 0) is 25.7 Å². The molecule has 1 aliphatic heterocycles. The van der Waals surface area contributed by atoms with Gasteiger partial charge in [0.15, 0.2) is 0 Å². The number of methoxy groups -OCH3 is 1. The summed E-state index contributed by atoms with van der Waals surface area (Å²) in [5, 5.41) is 0. The smallest absolute Gasteiger partial charge is 0.327 e. The summed E-state index contributed by atoms with van der Waals surface area (Å²) in [5.41, 5.74) is -1.07. The summed E-state index contributed by atoms with van der Waals surface area (Å²) in [5.74, 6) is -0.460. The van der Waals surface area contributed by atoms with E-state index in [1.165, 1.54) is 11.4 Å². The number of carbonyl (C=O) groups excluding carboxylic acids is 1. The second kappa shape index (κ2) is 6.41. The molecule has 0 spiro atoms. The molecule has 0 aromatic rings. The molecule has 0 bridgehead atoms. The van der Waals surface area contributed by atoms with Crippen LogP contribution in [0.2, 0.25) is 0 Å². The van der Waals surface area contributed by atoms with Crippen LogP contribution in [0.1, 0.15) is 51.4 Å². The SMILES string of the molecule is COC(=O)C1(NS(=O)(=O)N2CCCCC2)CCCCC1. The minimum Gasteiger partial charge on any atom is -0.468 e. The molecule has 2 rings (SSSR count). The Labute approximate surface area is 121 Å². The van der Waals surface area contributed by atoms with Crippen molar-refractivity contribution in [2.45, 2.75) is 56.9 Å². The number of ether oxygens (including phenoxy) is 1. The number of piperidine rings is 1. The van der Waals surface area contributed by atoms with Gasteiger partial charge < -0.3 is 4.74 Å². The van der Waals surface area contributed by atoms with Crippen molar-refractivity contribution in [2.75, 3.05) is 20.2 Å². The van der Waals surface area contributed by atoms with E-state index in [0.717, 1.165) is 38.5 Å². The van der Waals surface area contributed by atoms with Gasteiger partial charge in [-0.1, -0.05) is 25.7 Å². The molecule has 7 heteroatoms. The largest absolute Gasteiger partial charge is 0.468 e. The van der Waals surface area contributed by atoms with E-state index in [9.17, 15) is 13.2 Å². The number of rotatable bonds is 4. The Kier molecular flexibility index (Phi) is 5.04. The fraction of sp³-hybridized carbons (Fsp3) is 0.923. The van der Waals surface area contributed by atoms with Crippen LogP contribution >= 0.6 is 0 Å². The Morgan fingerprint density at radius 2 is 1.60 bits per heavy atom. The molecule has 1 aliphatic carbocycles. The number of hydrogen-bond donors (Lipinski definition) is 1. The number of carbonyl (C=O) groups is 1. The van der Waals surface area contributed by atoms with Crippen molar-refractivity contribution in [3.63, 3.8) is 0 Å². The zero-order valence-electron chi connectivity index (χ0n) is 12.1. The number of nitrogens with zero attached hydrogens (tertiary/aromatic N) is 1. The average molecular weight is 304 g/mol. The molecule has 6 nitrogen and oxygen atoms in total. The van der Waals surface area contributed by atoms with Crippen molar-refractivity contribution in [3.8, 4) is 0 Å². The molecule has 2 fully saturated rings. The molecular formula is C13H24N2O4S. The van der Waals surface area contributed by atoms with E-state index in [1.807, 2.05) is 0 Å². The summed E-state index contributed by atoms with van der Waals surface area (Å²) >= 11 is 0. The highest BCUT2D eigenvalue weighted by Gasteiger charge is 2.45. The lowest BCUT2D eigenvalue weighted by Gasteiger charge is -2.37. The summed E-state index contributed by atoms with van der Waals surface area (Å²) in [6.07, 6.45) is 6.59. The fourth-order valence-corrected chi connectivity index (χ4v) is 4.76. The molecule has 0 aromatic heterocycles. The minimum absolute atomic E-state index is 0.460. The van der Waals surface area contributed by atoms with Crippen LogP contribution in [0.4, 0.5) is 0 Å². The summed E-state index contributed by atoms with van der Waals surface area (Å²) in [6.45, 7) is 1.07. The van der Waals surface area contributed by atoms with Gasteiger partial charge in [-0.15, -0.1) is 0 Å². The van der Waals surface area contributed by atoms with Crippen LogP contribution in [0.25, 0.3) is 0 Å². The van der Waals surface area contributed by atoms with Crippen LogP contribution in [0.3, 0.4) is 0 Å². The molecule has 2 aliphatic rings. The first-order valence-corrected chi connectivity index (χ1v) is 8.82. The second-order valence-electron chi connectivity index (χ2n) is 5.70. The second-order valence-corrected chi connectivity index (χ2v) is 7.37. The number of esters is 1. The van der Waals surface area contributed by atoms with Crippen LogP contribution in [0.5, 0.6) is 0 Å². The molecule has 20 heavy (non-hydrogen) atoms. The Morgan fingerprint density at radius 3 is 2.15 bits per heavy atom. The van der Waals surface area contributed by atoms with Gasteiger partial charge in [0.1, 0.15) is 5.54 Å². The van der Waals surface area contributed by atoms with Gasteiger partial charge in [-0.25, -0.2) is 0 Å². The quantitative estimate of drug-likeness (QED) is 0.791. The van der Waals surface area contributed by atoms with Crippen molar-refractivity contribution in [2.24, 2.45) is 0 Å². The molecule has 0 unspecified atom stereocenters. The topological polar surface area (TPSA) is 75.7 Å². The zero-order chi connectivity index (χ0) is 14.6. The Hall–Kier alpha value is -0.660. The predicted octanol–water partition coefficient (Wildman–Crippen LogP) is 1.18. The molecule has 1 N–H and O–H groups in total. The monoisotopic (exact) mass is 304 g/mol. The standard InChI is InChI=1S/C13H24N2O4S/c1-19-12(16)13(8-4-2-5-9-13)14-20(17,18)15-10-6-3-7-11-15/h14H,2-11H2,1H3. The van der Waals surface area contributed by atoms with Crippen LogP contribution in [-0.4, -0.2) is 44.4 Å². The van der Waals surface area contributed by atoms with E-state index in [1.54, 1.807) is 0 Å². The van der Waals surface area contributed by atoms with Crippen LogP contribution in [-0.2, 0) is 19.7 Å². The van der Waals surface area contributed by atoms with Crippen molar-refractivity contribution in [1.29, 1.82) is 0 Å². The summed E-state index contributed by atoms with van der Waals surface area (Å²) < 4.78 is 33.9. The van der Waals surface area contributed by atoms with Gasteiger partial charge in [0, 0.05) is 13.1 Å². The number of hydrogen-bond acceptors (Lipinski definition) is 4. The van der Waals surface area contributed by atoms with E-state index in [4.69, 9.17) is 4.74 Å². The molecular weight excluding hydrogens is 280 g/mol. The van der Waals surface area contributed by atoms with Crippen LogP contribution in [0, 0.1) is 0 Å². The molecule has 1 saturated carbocycles. The summed E-state index contributed by atoms with van der Waals surface area (Å²) in [7, 11) is -2.30. The highest BCUT2D eigenvalue weighted by molar-refractivity contribution is 7.87. The maximum Gasteiger partial charge on any atom is 0.327 e. The maximum absolute atomic E-state index is 12.5. The maximum atomic E-state index is 12.5. The van der Waals surface area contributed by atoms with Crippen molar-refractivity contribution in [1.82, 2.24) is 9.03 Å². The minimum atomic E-state index is -3.61. The molecule has 1 heterocycles. The van der Waals surface area contributed by atoms with Gasteiger partial charge in [-0.2, -0.15) is 17.4 Å². The Bertz CT molecular complexity index is 437. The van der Waals surface area contributed by atoms with Gasteiger partial charge in [0.05, 0.1) is 7.11 Å². The fourth-order valence-electron chi connectivity index (χ4n) is 3.12. The van der Waals surface area contributed by atoms with E-state index >= 15 is 0 Å². The Morgan fingerprint density at radius 1 is 1.05 bits per heavy atom. The van der Waals surface area contributed by atoms with Crippen molar-refractivity contribution in [3.05, 3.63) is 0 Å². The van der Waals surface area contributed by atoms with E-state index < -0.39 is 21.7 Å². The highest BCUT2D eigenvalue weighted by atomic mass is 32.2. The Balaban J connectivity index is 2.16. The summed E-state index contributed by atoms with van der Waals surface area (Å²) in [4.78, 5) is 12.1. The highest BCUT2D eigenvalue weighted by Crippen LogP contribution is 2.30. The zero-order valence-corrected chi connectivity index (χ0v) is 12.9. The van der Waals surface area contributed by atoms with Crippen molar-refractivity contribution < 1.29 is 17.9 Å². The number of nitrogens with one attached hydrogen (secondary N) is 1. The average Bonchev–Trinajstić information content (AvgIpc) is 2.48. The van der Waals surface area contributed by atoms with Gasteiger partial charge >= 0.3 is 5.97 Å². The van der Waals surface area contributed by atoms with Gasteiger partial charge in [0.25, 0.3) is 10.2 Å². The predicted molar refractivity (Wildman–Crippen MR) is 75.3 cm³/mol. The van der Waals surface area contributed by atoms with E-state index in [2.05, 4.69) is 4.72 Å². The van der Waals surface area contributed by atoms with Crippen molar-refractivity contribution >= 4 is 16.2 Å². The third-order valence-electron chi connectivity index (χ3n) is 4.26.